The molecule has 0 saturated carbocycles. The van der Waals surface area contributed by atoms with Crippen molar-refractivity contribution in [2.45, 2.75) is 44.3 Å². The minimum atomic E-state index is -0.473. The molecule has 1 amide bonds. The number of hydrogen-bond donors (Lipinski definition) is 1. The van der Waals surface area contributed by atoms with Crippen molar-refractivity contribution < 1.29 is 14.6 Å². The molecule has 1 aromatic heterocycles. The number of carbonyl (C=O) groups is 1. The Morgan fingerprint density at radius 3 is 2.85 bits per heavy atom. The molecule has 2 aliphatic rings. The highest BCUT2D eigenvalue weighted by molar-refractivity contribution is 6.31. The number of ether oxygens (including phenoxy) is 1. The molecule has 2 aliphatic heterocycles. The van der Waals surface area contributed by atoms with Crippen LogP contribution in [0.2, 0.25) is 5.02 Å². The molecule has 1 N–H and O–H groups in total. The number of nitrogens with zero attached hydrogens (tertiary/aromatic N) is 2. The van der Waals surface area contributed by atoms with E-state index in [-0.39, 0.29) is 5.91 Å². The third kappa shape index (κ3) is 3.08. The second-order valence-electron chi connectivity index (χ2n) is 7.34. The second-order valence-corrected chi connectivity index (χ2v) is 7.77. The van der Waals surface area contributed by atoms with Crippen LogP contribution in [0.25, 0.3) is 10.9 Å². The molecular formula is C20H23ClN2O3. The van der Waals surface area contributed by atoms with Crippen LogP contribution in [-0.4, -0.2) is 52.3 Å². The van der Waals surface area contributed by atoms with E-state index in [4.69, 9.17) is 16.3 Å². The summed E-state index contributed by atoms with van der Waals surface area (Å²) >= 11 is 6.07. The van der Waals surface area contributed by atoms with Gasteiger partial charge >= 0.3 is 0 Å². The zero-order valence-corrected chi connectivity index (χ0v) is 15.6. The third-order valence-corrected chi connectivity index (χ3v) is 5.88. The lowest BCUT2D eigenvalue weighted by Gasteiger charge is -2.46. The van der Waals surface area contributed by atoms with Gasteiger partial charge in [0.05, 0.1) is 22.8 Å². The molecule has 26 heavy (non-hydrogen) atoms. The first-order valence-corrected chi connectivity index (χ1v) is 9.54. The van der Waals surface area contributed by atoms with Gasteiger partial charge < -0.3 is 14.7 Å². The van der Waals surface area contributed by atoms with Crippen molar-refractivity contribution in [3.8, 4) is 0 Å². The molecule has 1 spiro atoms. The maximum Gasteiger partial charge on any atom is 0.254 e. The van der Waals surface area contributed by atoms with Crippen LogP contribution in [0, 0.1) is 6.92 Å². The van der Waals surface area contributed by atoms with Crippen LogP contribution in [0.3, 0.4) is 0 Å². The molecule has 3 heterocycles. The van der Waals surface area contributed by atoms with Gasteiger partial charge in [-0.3, -0.25) is 9.78 Å². The van der Waals surface area contributed by atoms with Crippen LogP contribution in [0.4, 0.5) is 0 Å². The minimum Gasteiger partial charge on any atom is -0.390 e. The number of aliphatic hydroxyl groups is 1. The maximum absolute atomic E-state index is 13.2. The third-order valence-electron chi connectivity index (χ3n) is 5.65. The summed E-state index contributed by atoms with van der Waals surface area (Å²) in [6.45, 7) is 3.76. The largest absolute Gasteiger partial charge is 0.390 e. The minimum absolute atomic E-state index is 0.00275. The Balaban J connectivity index is 1.58. The molecule has 4 rings (SSSR count). The normalized spacial score (nSPS) is 22.7. The zero-order chi connectivity index (χ0) is 18.3. The van der Waals surface area contributed by atoms with Gasteiger partial charge in [0.2, 0.25) is 0 Å². The first-order valence-electron chi connectivity index (χ1n) is 9.17. The van der Waals surface area contributed by atoms with Crippen molar-refractivity contribution in [2.75, 3.05) is 19.7 Å². The van der Waals surface area contributed by atoms with Gasteiger partial charge in [0.15, 0.2) is 0 Å². The van der Waals surface area contributed by atoms with Crippen molar-refractivity contribution in [2.24, 2.45) is 0 Å². The fraction of sp³-hybridized carbons (Fsp3) is 0.500. The van der Waals surface area contributed by atoms with Gasteiger partial charge in [-0.25, -0.2) is 0 Å². The average molecular weight is 375 g/mol. The summed E-state index contributed by atoms with van der Waals surface area (Å²) in [5.74, 6) is 0.00275. The fourth-order valence-corrected chi connectivity index (χ4v) is 4.32. The summed E-state index contributed by atoms with van der Waals surface area (Å²) in [6, 6.07) is 7.28. The fourth-order valence-electron chi connectivity index (χ4n) is 4.16. The Hall–Kier alpha value is -1.69. The van der Waals surface area contributed by atoms with Crippen molar-refractivity contribution in [3.63, 3.8) is 0 Å². The highest BCUT2D eigenvalue weighted by Crippen LogP contribution is 2.36. The Morgan fingerprint density at radius 1 is 1.35 bits per heavy atom. The first kappa shape index (κ1) is 17.7. The molecule has 1 aromatic carbocycles. The Labute approximate surface area is 157 Å². The molecule has 2 fully saturated rings. The number of fused-ring (bicyclic) bond motifs is 1. The van der Waals surface area contributed by atoms with Crippen LogP contribution >= 0.6 is 11.6 Å². The number of benzene rings is 1. The van der Waals surface area contributed by atoms with Gasteiger partial charge in [-0.05, 0) is 50.8 Å². The number of carbonyl (C=O) groups excluding carboxylic acids is 1. The highest BCUT2D eigenvalue weighted by atomic mass is 35.5. The topological polar surface area (TPSA) is 62.7 Å². The number of aliphatic hydroxyl groups excluding tert-OH is 1. The number of likely N-dealkylation sites (tertiary alicyclic amines) is 1. The van der Waals surface area contributed by atoms with Gasteiger partial charge in [0.25, 0.3) is 5.91 Å². The molecule has 0 bridgehead atoms. The quantitative estimate of drug-likeness (QED) is 0.831. The van der Waals surface area contributed by atoms with Gasteiger partial charge in [-0.15, -0.1) is 0 Å². The molecule has 138 valence electrons. The molecule has 5 nitrogen and oxygen atoms in total. The van der Waals surface area contributed by atoms with E-state index in [9.17, 15) is 9.90 Å². The zero-order valence-electron chi connectivity index (χ0n) is 14.9. The Kier molecular flexibility index (Phi) is 4.63. The summed E-state index contributed by atoms with van der Waals surface area (Å²) in [7, 11) is 0. The number of hydrogen-bond acceptors (Lipinski definition) is 4. The molecule has 0 aliphatic carbocycles. The van der Waals surface area contributed by atoms with E-state index in [1.165, 1.54) is 0 Å². The van der Waals surface area contributed by atoms with Crippen molar-refractivity contribution in [1.82, 2.24) is 9.88 Å². The highest BCUT2D eigenvalue weighted by Gasteiger charge is 2.44. The lowest BCUT2D eigenvalue weighted by atomic mass is 9.82. The molecule has 1 atom stereocenters. The number of pyridine rings is 1. The van der Waals surface area contributed by atoms with E-state index in [1.807, 2.05) is 24.0 Å². The predicted octanol–water partition coefficient (Wildman–Crippen LogP) is 3.34. The number of halogens is 1. The number of piperidine rings is 1. The smallest absolute Gasteiger partial charge is 0.254 e. The number of amides is 1. The summed E-state index contributed by atoms with van der Waals surface area (Å²) in [5, 5.41) is 11.8. The van der Waals surface area contributed by atoms with E-state index < -0.39 is 11.7 Å². The SMILES string of the molecule is Cc1cc(C(=O)N2CCC3(CC2)OCCC[C@@H]3O)c2ccc(Cl)cc2n1. The van der Waals surface area contributed by atoms with Crippen molar-refractivity contribution in [3.05, 3.63) is 40.5 Å². The van der Waals surface area contributed by atoms with Gasteiger partial charge in [-0.2, -0.15) is 0 Å². The molecule has 0 radical (unpaired) electrons. The number of aryl methyl sites for hydroxylation is 1. The maximum atomic E-state index is 13.2. The lowest BCUT2D eigenvalue weighted by molar-refractivity contribution is -0.174. The van der Waals surface area contributed by atoms with Crippen LogP contribution in [0.1, 0.15) is 41.7 Å². The molecule has 2 aromatic rings. The Bertz CT molecular complexity index is 841. The summed E-state index contributed by atoms with van der Waals surface area (Å²) in [6.07, 6.45) is 2.60. The molecule has 0 unspecified atom stereocenters. The van der Waals surface area contributed by atoms with E-state index in [1.54, 1.807) is 12.1 Å². The summed E-state index contributed by atoms with van der Waals surface area (Å²) < 4.78 is 5.94. The van der Waals surface area contributed by atoms with Crippen LogP contribution in [0.15, 0.2) is 24.3 Å². The molecular weight excluding hydrogens is 352 g/mol. The lowest BCUT2D eigenvalue weighted by Crippen LogP contribution is -2.56. The summed E-state index contributed by atoms with van der Waals surface area (Å²) in [4.78, 5) is 19.5. The standard InChI is InChI=1S/C20H23ClN2O3/c1-13-11-16(15-5-4-14(21)12-17(15)22-13)19(25)23-8-6-20(7-9-23)18(24)3-2-10-26-20/h4-5,11-12,18,24H,2-3,6-10H2,1H3/t18-/m0/s1. The van der Waals surface area contributed by atoms with Crippen LogP contribution in [-0.2, 0) is 4.74 Å². The van der Waals surface area contributed by atoms with Crippen molar-refractivity contribution >= 4 is 28.4 Å². The van der Waals surface area contributed by atoms with Crippen LogP contribution < -0.4 is 0 Å². The van der Waals surface area contributed by atoms with E-state index in [0.717, 1.165) is 29.4 Å². The van der Waals surface area contributed by atoms with Gasteiger partial charge in [0.1, 0.15) is 0 Å². The predicted molar refractivity (Wildman–Crippen MR) is 101 cm³/mol. The van der Waals surface area contributed by atoms with Gasteiger partial charge in [-0.1, -0.05) is 17.7 Å². The molecule has 6 heteroatoms. The van der Waals surface area contributed by atoms with E-state index >= 15 is 0 Å². The number of aromatic nitrogens is 1. The second kappa shape index (κ2) is 6.80. The molecule has 2 saturated heterocycles. The summed E-state index contributed by atoms with van der Waals surface area (Å²) in [5.41, 5.74) is 1.71. The van der Waals surface area contributed by atoms with Crippen LogP contribution in [0.5, 0.6) is 0 Å². The first-order chi connectivity index (χ1) is 12.5. The van der Waals surface area contributed by atoms with Crippen molar-refractivity contribution in [1.29, 1.82) is 0 Å². The number of rotatable bonds is 1. The Morgan fingerprint density at radius 2 is 2.12 bits per heavy atom. The van der Waals surface area contributed by atoms with E-state index in [2.05, 4.69) is 4.98 Å². The average Bonchev–Trinajstić information content (AvgIpc) is 2.63. The van der Waals surface area contributed by atoms with Gasteiger partial charge in [0, 0.05) is 35.8 Å². The monoisotopic (exact) mass is 374 g/mol. The van der Waals surface area contributed by atoms with E-state index in [0.29, 0.717) is 43.1 Å².